The highest BCUT2D eigenvalue weighted by molar-refractivity contribution is 7.10. The van der Waals surface area contributed by atoms with Crippen LogP contribution in [0.15, 0.2) is 17.5 Å². The first-order valence-electron chi connectivity index (χ1n) is 5.98. The summed E-state index contributed by atoms with van der Waals surface area (Å²) in [5.41, 5.74) is 0. The molecule has 0 aliphatic rings. The summed E-state index contributed by atoms with van der Waals surface area (Å²) in [6.45, 7) is 4.31. The number of nitrogens with one attached hydrogen (secondary N) is 1. The fraction of sp³-hybridized carbons (Fsp3) is 0.667. The second kappa shape index (κ2) is 7.11. The van der Waals surface area contributed by atoms with Crippen molar-refractivity contribution >= 4 is 11.3 Å². The number of hydrogen-bond donors (Lipinski definition) is 1. The van der Waals surface area contributed by atoms with Crippen molar-refractivity contribution in [1.29, 1.82) is 0 Å². The second-order valence-corrected chi connectivity index (χ2v) is 5.15. The average Bonchev–Trinajstić information content (AvgIpc) is 2.79. The summed E-state index contributed by atoms with van der Waals surface area (Å²) in [7, 11) is 0. The van der Waals surface area contributed by atoms with E-state index in [0.29, 0.717) is 19.6 Å². The molecule has 1 N–H and O–H groups in total. The molecule has 0 fully saturated rings. The minimum atomic E-state index is -4.12. The highest BCUT2D eigenvalue weighted by Gasteiger charge is 2.29. The van der Waals surface area contributed by atoms with Crippen molar-refractivity contribution < 1.29 is 13.2 Å². The smallest absolute Gasteiger partial charge is 0.308 e. The lowest BCUT2D eigenvalue weighted by molar-refractivity contribution is -0.145. The monoisotopic (exact) mass is 280 g/mol. The van der Waals surface area contributed by atoms with E-state index in [1.54, 1.807) is 18.3 Å². The van der Waals surface area contributed by atoms with Gasteiger partial charge in [0, 0.05) is 24.0 Å². The van der Waals surface area contributed by atoms with Crippen LogP contribution in [0.3, 0.4) is 0 Å². The molecule has 1 aromatic rings. The molecular formula is C12H19F3N2S. The van der Waals surface area contributed by atoms with Crippen LogP contribution in [0.2, 0.25) is 0 Å². The van der Waals surface area contributed by atoms with E-state index < -0.39 is 12.7 Å². The quantitative estimate of drug-likeness (QED) is 0.824. The summed E-state index contributed by atoms with van der Waals surface area (Å²) < 4.78 is 36.7. The van der Waals surface area contributed by atoms with E-state index in [4.69, 9.17) is 0 Å². The first-order chi connectivity index (χ1) is 8.42. The number of halogens is 3. The first kappa shape index (κ1) is 15.5. The summed E-state index contributed by atoms with van der Waals surface area (Å²) in [6.07, 6.45) is -4.12. The van der Waals surface area contributed by atoms with Crippen LogP contribution < -0.4 is 5.32 Å². The molecule has 1 heterocycles. The van der Waals surface area contributed by atoms with E-state index in [1.165, 1.54) is 9.78 Å². The van der Waals surface area contributed by atoms with Gasteiger partial charge in [0.05, 0.1) is 6.54 Å². The van der Waals surface area contributed by atoms with Gasteiger partial charge in [0.15, 0.2) is 0 Å². The van der Waals surface area contributed by atoms with Crippen molar-refractivity contribution in [1.82, 2.24) is 10.2 Å². The minimum absolute atomic E-state index is 0.189. The van der Waals surface area contributed by atoms with E-state index in [1.807, 2.05) is 24.4 Å². The number of thiophene rings is 1. The first-order valence-corrected chi connectivity index (χ1v) is 6.86. The minimum Gasteiger partial charge on any atom is -0.308 e. The van der Waals surface area contributed by atoms with Crippen LogP contribution in [-0.4, -0.2) is 37.3 Å². The lowest BCUT2D eigenvalue weighted by Crippen LogP contribution is -2.38. The van der Waals surface area contributed by atoms with Crippen LogP contribution in [0.5, 0.6) is 0 Å². The van der Waals surface area contributed by atoms with Crippen LogP contribution in [0.25, 0.3) is 0 Å². The number of rotatable bonds is 7. The van der Waals surface area contributed by atoms with E-state index in [2.05, 4.69) is 5.32 Å². The SMILES string of the molecule is CCN(CCNC(C)c1cccs1)CC(F)(F)F. The fourth-order valence-corrected chi connectivity index (χ4v) is 2.44. The molecule has 0 radical (unpaired) electrons. The van der Waals surface area contributed by atoms with Crippen molar-refractivity contribution in [3.05, 3.63) is 22.4 Å². The molecule has 6 heteroatoms. The molecule has 104 valence electrons. The molecule has 1 rings (SSSR count). The Bertz CT molecular complexity index is 325. The Hall–Kier alpha value is -0.590. The third-order valence-corrected chi connectivity index (χ3v) is 3.75. The average molecular weight is 280 g/mol. The van der Waals surface area contributed by atoms with Crippen LogP contribution in [0, 0.1) is 0 Å². The fourth-order valence-electron chi connectivity index (χ4n) is 1.68. The summed E-state index contributed by atoms with van der Waals surface area (Å²) in [5.74, 6) is 0. The summed E-state index contributed by atoms with van der Waals surface area (Å²) >= 11 is 1.65. The van der Waals surface area contributed by atoms with Crippen LogP contribution >= 0.6 is 11.3 Å². The van der Waals surface area contributed by atoms with Gasteiger partial charge in [-0.2, -0.15) is 13.2 Å². The second-order valence-electron chi connectivity index (χ2n) is 4.18. The molecule has 0 saturated carbocycles. The van der Waals surface area contributed by atoms with Gasteiger partial charge in [-0.15, -0.1) is 11.3 Å². The lowest BCUT2D eigenvalue weighted by Gasteiger charge is -2.23. The van der Waals surface area contributed by atoms with Gasteiger partial charge in [-0.1, -0.05) is 13.0 Å². The normalized spacial score (nSPS) is 14.1. The molecular weight excluding hydrogens is 261 g/mol. The third-order valence-electron chi connectivity index (χ3n) is 2.70. The molecule has 2 nitrogen and oxygen atoms in total. The van der Waals surface area contributed by atoms with Crippen molar-refractivity contribution in [3.63, 3.8) is 0 Å². The highest BCUT2D eigenvalue weighted by atomic mass is 32.1. The van der Waals surface area contributed by atoms with Crippen LogP contribution in [0.4, 0.5) is 13.2 Å². The van der Waals surface area contributed by atoms with E-state index >= 15 is 0 Å². The van der Waals surface area contributed by atoms with Crippen LogP contribution in [-0.2, 0) is 0 Å². The van der Waals surface area contributed by atoms with Gasteiger partial charge in [0.25, 0.3) is 0 Å². The molecule has 0 aliphatic carbocycles. The van der Waals surface area contributed by atoms with E-state index in [0.717, 1.165) is 0 Å². The standard InChI is InChI=1S/C12H19F3N2S/c1-3-17(9-12(13,14)15)7-6-16-10(2)11-5-4-8-18-11/h4-5,8,10,16H,3,6-7,9H2,1-2H3. The van der Waals surface area contributed by atoms with Crippen LogP contribution in [0.1, 0.15) is 24.8 Å². The molecule has 0 aliphatic heterocycles. The zero-order valence-corrected chi connectivity index (χ0v) is 11.4. The van der Waals surface area contributed by atoms with Gasteiger partial charge in [-0.3, -0.25) is 4.90 Å². The van der Waals surface area contributed by atoms with Gasteiger partial charge in [-0.25, -0.2) is 0 Å². The van der Waals surface area contributed by atoms with E-state index in [9.17, 15) is 13.2 Å². The van der Waals surface area contributed by atoms with Crippen molar-refractivity contribution in [2.24, 2.45) is 0 Å². The van der Waals surface area contributed by atoms with Gasteiger partial charge in [0.1, 0.15) is 0 Å². The summed E-state index contributed by atoms with van der Waals surface area (Å²) in [5, 5.41) is 5.23. The molecule has 18 heavy (non-hydrogen) atoms. The Morgan fingerprint density at radius 2 is 2.17 bits per heavy atom. The molecule has 1 unspecified atom stereocenters. The molecule has 1 atom stereocenters. The Kier molecular flexibility index (Phi) is 6.11. The third kappa shape index (κ3) is 5.84. The van der Waals surface area contributed by atoms with Crippen molar-refractivity contribution in [3.8, 4) is 0 Å². The lowest BCUT2D eigenvalue weighted by atomic mass is 10.3. The topological polar surface area (TPSA) is 15.3 Å². The molecule has 1 aromatic heterocycles. The highest BCUT2D eigenvalue weighted by Crippen LogP contribution is 2.18. The number of hydrogen-bond acceptors (Lipinski definition) is 3. The van der Waals surface area contributed by atoms with Gasteiger partial charge >= 0.3 is 6.18 Å². The largest absolute Gasteiger partial charge is 0.401 e. The zero-order chi connectivity index (χ0) is 13.6. The predicted octanol–water partition coefficient (Wildman–Crippen LogP) is 3.28. The maximum absolute atomic E-state index is 12.2. The van der Waals surface area contributed by atoms with Gasteiger partial charge in [-0.05, 0) is 24.9 Å². The maximum Gasteiger partial charge on any atom is 0.401 e. The molecule has 0 spiro atoms. The maximum atomic E-state index is 12.2. The molecule has 0 saturated heterocycles. The Labute approximate surface area is 110 Å². The molecule has 0 amide bonds. The summed E-state index contributed by atoms with van der Waals surface area (Å²) in [4.78, 5) is 2.60. The number of nitrogens with zero attached hydrogens (tertiary/aromatic N) is 1. The van der Waals surface area contributed by atoms with Crippen molar-refractivity contribution in [2.75, 3.05) is 26.2 Å². The summed E-state index contributed by atoms with van der Waals surface area (Å²) in [6, 6.07) is 4.19. The van der Waals surface area contributed by atoms with E-state index in [-0.39, 0.29) is 6.04 Å². The molecule has 0 aromatic carbocycles. The Morgan fingerprint density at radius 1 is 1.44 bits per heavy atom. The van der Waals surface area contributed by atoms with Gasteiger partial charge < -0.3 is 5.32 Å². The Balaban J connectivity index is 2.27. The molecule has 0 bridgehead atoms. The number of likely N-dealkylation sites (N-methyl/N-ethyl adjacent to an activating group) is 1. The van der Waals surface area contributed by atoms with Gasteiger partial charge in [0.2, 0.25) is 0 Å². The predicted molar refractivity (Wildman–Crippen MR) is 68.9 cm³/mol. The number of alkyl halides is 3. The van der Waals surface area contributed by atoms with Crippen molar-refractivity contribution in [2.45, 2.75) is 26.1 Å². The zero-order valence-electron chi connectivity index (χ0n) is 10.6. The Morgan fingerprint density at radius 3 is 2.67 bits per heavy atom.